The Morgan fingerprint density at radius 2 is 1.33 bits per heavy atom. The van der Waals surface area contributed by atoms with E-state index < -0.39 is 36.2 Å². The fourth-order valence-electron chi connectivity index (χ4n) is 2.98. The van der Waals surface area contributed by atoms with E-state index >= 15 is 0 Å². The topological polar surface area (TPSA) is 78.9 Å². The van der Waals surface area contributed by atoms with Gasteiger partial charge >= 0.3 is 17.9 Å². The van der Waals surface area contributed by atoms with Crippen LogP contribution in [0.2, 0.25) is 0 Å². The fourth-order valence-corrected chi connectivity index (χ4v) is 2.98. The van der Waals surface area contributed by atoms with Gasteiger partial charge < -0.3 is 14.2 Å². The maximum Gasteiger partial charge on any atom is 0.303 e. The molecule has 1 rings (SSSR count). The molecule has 0 spiro atoms. The monoisotopic (exact) mass is 378 g/mol. The molecule has 0 fully saturated rings. The second kappa shape index (κ2) is 11.4. The number of carbonyl (C=O) groups is 3. The predicted octanol–water partition coefficient (Wildman–Crippen LogP) is 3.46. The van der Waals surface area contributed by atoms with Crippen molar-refractivity contribution < 1.29 is 28.6 Å². The van der Waals surface area contributed by atoms with Crippen molar-refractivity contribution in [3.05, 3.63) is 35.9 Å². The molecule has 0 saturated heterocycles. The maximum absolute atomic E-state index is 11.6. The van der Waals surface area contributed by atoms with Gasteiger partial charge in [0.1, 0.15) is 12.2 Å². The van der Waals surface area contributed by atoms with Crippen LogP contribution in [0.4, 0.5) is 0 Å². The highest BCUT2D eigenvalue weighted by Crippen LogP contribution is 2.23. The average Bonchev–Trinajstić information content (AvgIpc) is 2.57. The van der Waals surface area contributed by atoms with Gasteiger partial charge in [0, 0.05) is 20.8 Å². The molecule has 0 aliphatic rings. The van der Waals surface area contributed by atoms with Crippen LogP contribution in [0.3, 0.4) is 0 Å². The summed E-state index contributed by atoms with van der Waals surface area (Å²) in [6.07, 6.45) is -0.243. The molecular formula is C21H30O6. The zero-order chi connectivity index (χ0) is 20.4. The third-order valence-corrected chi connectivity index (χ3v) is 4.07. The van der Waals surface area contributed by atoms with Crippen LogP contribution in [0, 0.1) is 5.92 Å². The van der Waals surface area contributed by atoms with E-state index in [0.29, 0.717) is 6.42 Å². The first kappa shape index (κ1) is 22.7. The molecule has 150 valence electrons. The van der Waals surface area contributed by atoms with Gasteiger partial charge in [-0.1, -0.05) is 44.2 Å². The van der Waals surface area contributed by atoms with E-state index in [-0.39, 0.29) is 5.92 Å². The molecule has 0 bridgehead atoms. The summed E-state index contributed by atoms with van der Waals surface area (Å²) in [4.78, 5) is 34.8. The van der Waals surface area contributed by atoms with Crippen LogP contribution in [-0.2, 0) is 35.0 Å². The number of hydrogen-bond donors (Lipinski definition) is 0. The van der Waals surface area contributed by atoms with Crippen molar-refractivity contribution in [2.45, 2.75) is 72.2 Å². The molecule has 0 aliphatic carbocycles. The normalized spacial score (nSPS) is 14.1. The molecule has 1 aromatic carbocycles. The van der Waals surface area contributed by atoms with Crippen molar-refractivity contribution in [3.8, 4) is 0 Å². The Hall–Kier alpha value is -2.37. The maximum atomic E-state index is 11.6. The molecule has 0 unspecified atom stereocenters. The Morgan fingerprint density at radius 3 is 1.81 bits per heavy atom. The fraction of sp³-hybridized carbons (Fsp3) is 0.571. The van der Waals surface area contributed by atoms with Crippen molar-refractivity contribution in [1.29, 1.82) is 0 Å². The molecule has 0 amide bonds. The number of esters is 3. The van der Waals surface area contributed by atoms with Crippen LogP contribution in [0.15, 0.2) is 30.3 Å². The molecule has 0 heterocycles. The number of aryl methyl sites for hydroxylation is 1. The largest absolute Gasteiger partial charge is 0.458 e. The average molecular weight is 378 g/mol. The molecule has 0 saturated carbocycles. The first-order valence-electron chi connectivity index (χ1n) is 9.26. The Kier molecular flexibility index (Phi) is 9.54. The van der Waals surface area contributed by atoms with Crippen LogP contribution in [0.25, 0.3) is 0 Å². The van der Waals surface area contributed by atoms with E-state index in [9.17, 15) is 14.4 Å². The summed E-state index contributed by atoms with van der Waals surface area (Å²) in [6.45, 7) is 7.62. The van der Waals surface area contributed by atoms with Gasteiger partial charge in [0.05, 0.1) is 0 Å². The molecule has 6 nitrogen and oxygen atoms in total. The van der Waals surface area contributed by atoms with E-state index in [1.807, 2.05) is 44.2 Å². The smallest absolute Gasteiger partial charge is 0.303 e. The second-order valence-electron chi connectivity index (χ2n) is 6.92. The third kappa shape index (κ3) is 8.71. The summed E-state index contributed by atoms with van der Waals surface area (Å²) < 4.78 is 16.3. The number of ether oxygens (including phenoxy) is 3. The molecule has 6 heteroatoms. The molecule has 27 heavy (non-hydrogen) atoms. The summed E-state index contributed by atoms with van der Waals surface area (Å²) in [5.74, 6) is -1.58. The number of rotatable bonds is 10. The zero-order valence-corrected chi connectivity index (χ0v) is 16.8. The van der Waals surface area contributed by atoms with E-state index in [1.165, 1.54) is 26.3 Å². The molecule has 0 N–H and O–H groups in total. The molecule has 1 aromatic rings. The van der Waals surface area contributed by atoms with Gasteiger partial charge in [0.25, 0.3) is 0 Å². The lowest BCUT2D eigenvalue weighted by molar-refractivity contribution is -0.187. The Labute approximate surface area is 161 Å². The van der Waals surface area contributed by atoms with Crippen LogP contribution in [0.5, 0.6) is 0 Å². The molecule has 0 aliphatic heterocycles. The second-order valence-corrected chi connectivity index (χ2v) is 6.92. The van der Waals surface area contributed by atoms with Crippen molar-refractivity contribution in [2.24, 2.45) is 5.92 Å². The van der Waals surface area contributed by atoms with Gasteiger partial charge in [-0.2, -0.15) is 0 Å². The molecule has 0 radical (unpaired) electrons. The number of hydrogen-bond acceptors (Lipinski definition) is 6. The predicted molar refractivity (Wildman–Crippen MR) is 101 cm³/mol. The minimum atomic E-state index is -0.855. The van der Waals surface area contributed by atoms with Gasteiger partial charge in [-0.3, -0.25) is 14.4 Å². The zero-order valence-electron chi connectivity index (χ0n) is 16.8. The van der Waals surface area contributed by atoms with Crippen LogP contribution >= 0.6 is 0 Å². The van der Waals surface area contributed by atoms with Gasteiger partial charge in [0.2, 0.25) is 0 Å². The highest BCUT2D eigenvalue weighted by Gasteiger charge is 2.38. The first-order valence-corrected chi connectivity index (χ1v) is 9.26. The summed E-state index contributed by atoms with van der Waals surface area (Å²) in [7, 11) is 0. The van der Waals surface area contributed by atoms with E-state index in [4.69, 9.17) is 14.2 Å². The minimum Gasteiger partial charge on any atom is -0.458 e. The standard InChI is InChI=1S/C21H30O6/c1-14(2)20(26-16(4)23)21(27-17(5)24)19(25-15(3)22)13-9-12-18-10-7-6-8-11-18/h6-8,10-11,14,19-21H,9,12-13H2,1-5H3/t19-,20+,21-/m1/s1. The molecule has 0 aromatic heterocycles. The van der Waals surface area contributed by atoms with Crippen LogP contribution in [0.1, 0.15) is 53.0 Å². The number of carbonyl (C=O) groups excluding carboxylic acids is 3. The highest BCUT2D eigenvalue weighted by atomic mass is 16.6. The lowest BCUT2D eigenvalue weighted by atomic mass is 9.93. The summed E-state index contributed by atoms with van der Waals surface area (Å²) >= 11 is 0. The molecular weight excluding hydrogens is 348 g/mol. The lowest BCUT2D eigenvalue weighted by Gasteiger charge is -2.34. The summed E-state index contributed by atoms with van der Waals surface area (Å²) in [5.41, 5.74) is 1.17. The van der Waals surface area contributed by atoms with Crippen LogP contribution < -0.4 is 0 Å². The van der Waals surface area contributed by atoms with Gasteiger partial charge in [-0.25, -0.2) is 0 Å². The van der Waals surface area contributed by atoms with Crippen molar-refractivity contribution >= 4 is 17.9 Å². The van der Waals surface area contributed by atoms with Gasteiger partial charge in [0.15, 0.2) is 6.10 Å². The Morgan fingerprint density at radius 1 is 0.815 bits per heavy atom. The quantitative estimate of drug-likeness (QED) is 0.458. The SMILES string of the molecule is CC(=O)O[C@H]([C@@H](CCCc1ccccc1)OC(C)=O)[C@@H](OC(C)=O)C(C)C. The van der Waals surface area contributed by atoms with Crippen molar-refractivity contribution in [2.75, 3.05) is 0 Å². The van der Waals surface area contributed by atoms with Crippen LogP contribution in [-0.4, -0.2) is 36.2 Å². The van der Waals surface area contributed by atoms with E-state index in [2.05, 4.69) is 0 Å². The first-order chi connectivity index (χ1) is 12.7. The number of benzene rings is 1. The van der Waals surface area contributed by atoms with Crippen molar-refractivity contribution in [1.82, 2.24) is 0 Å². The van der Waals surface area contributed by atoms with E-state index in [1.54, 1.807) is 0 Å². The van der Waals surface area contributed by atoms with E-state index in [0.717, 1.165) is 12.8 Å². The highest BCUT2D eigenvalue weighted by molar-refractivity contribution is 5.68. The van der Waals surface area contributed by atoms with Gasteiger partial charge in [-0.05, 0) is 30.7 Å². The molecule has 3 atom stereocenters. The Bertz CT molecular complexity index is 610. The summed E-state index contributed by atoms with van der Waals surface area (Å²) in [6, 6.07) is 9.95. The Balaban J connectivity index is 2.96. The van der Waals surface area contributed by atoms with Crippen molar-refractivity contribution in [3.63, 3.8) is 0 Å². The lowest BCUT2D eigenvalue weighted by Crippen LogP contribution is -2.47. The summed E-state index contributed by atoms with van der Waals surface area (Å²) in [5, 5.41) is 0. The third-order valence-electron chi connectivity index (χ3n) is 4.07. The minimum absolute atomic E-state index is 0.120. The van der Waals surface area contributed by atoms with Gasteiger partial charge in [-0.15, -0.1) is 0 Å².